The highest BCUT2D eigenvalue weighted by atomic mass is 79.9. The third-order valence-corrected chi connectivity index (χ3v) is 5.03. The molecule has 1 atom stereocenters. The second-order valence-electron chi connectivity index (χ2n) is 4.41. The minimum atomic E-state index is -4.60. The van der Waals surface area contributed by atoms with E-state index in [0.717, 1.165) is 16.4 Å². The van der Waals surface area contributed by atoms with Gasteiger partial charge in [0.15, 0.2) is 0 Å². The van der Waals surface area contributed by atoms with Crippen molar-refractivity contribution in [3.63, 3.8) is 0 Å². The molecule has 0 radical (unpaired) electrons. The van der Waals surface area contributed by atoms with Crippen LogP contribution in [0.4, 0.5) is 13.2 Å². The van der Waals surface area contributed by atoms with Crippen molar-refractivity contribution in [1.29, 1.82) is 0 Å². The Bertz CT molecular complexity index is 614. The Morgan fingerprint density at radius 2 is 2.00 bits per heavy atom. The number of alkyl halides is 3. The Kier molecular flexibility index (Phi) is 4.16. The smallest absolute Gasteiger partial charge is 0.372 e. The molecule has 9 heteroatoms. The van der Waals surface area contributed by atoms with E-state index < -0.39 is 26.7 Å². The summed E-state index contributed by atoms with van der Waals surface area (Å²) in [5.74, 6) is 0. The number of benzene rings is 1. The van der Waals surface area contributed by atoms with Crippen LogP contribution >= 0.6 is 15.9 Å². The SMILES string of the molecule is CN(C[C@H]1CO1)S(=O)(=O)c1cc(Br)cc(C(F)(F)F)c1. The standard InChI is InChI=1S/C11H11BrF3NO3S/c1-16(5-9-6-19-9)20(17,18)10-3-7(11(13,14)15)2-8(12)4-10/h2-4,9H,5-6H2,1H3/t9-/m0/s1. The van der Waals surface area contributed by atoms with Crippen LogP contribution in [-0.4, -0.2) is 39.0 Å². The third kappa shape index (κ3) is 3.51. The van der Waals surface area contributed by atoms with E-state index in [1.807, 2.05) is 0 Å². The molecule has 0 aliphatic carbocycles. The number of nitrogens with zero attached hydrogens (tertiary/aromatic N) is 1. The van der Waals surface area contributed by atoms with Crippen LogP contribution in [0.25, 0.3) is 0 Å². The fraction of sp³-hybridized carbons (Fsp3) is 0.455. The van der Waals surface area contributed by atoms with E-state index >= 15 is 0 Å². The highest BCUT2D eigenvalue weighted by molar-refractivity contribution is 9.10. The zero-order chi connectivity index (χ0) is 15.1. The molecular weight excluding hydrogens is 363 g/mol. The molecule has 112 valence electrons. The molecule has 0 saturated carbocycles. The predicted octanol–water partition coefficient (Wildman–Crippen LogP) is 2.49. The van der Waals surface area contributed by atoms with Crippen molar-refractivity contribution in [2.75, 3.05) is 20.2 Å². The van der Waals surface area contributed by atoms with Gasteiger partial charge in [-0.15, -0.1) is 0 Å². The van der Waals surface area contributed by atoms with Gasteiger partial charge >= 0.3 is 6.18 Å². The van der Waals surface area contributed by atoms with E-state index in [1.54, 1.807) is 0 Å². The maximum atomic E-state index is 12.7. The van der Waals surface area contributed by atoms with E-state index in [1.165, 1.54) is 7.05 Å². The Labute approximate surface area is 122 Å². The lowest BCUT2D eigenvalue weighted by Crippen LogP contribution is -2.30. The average Bonchev–Trinajstić information content (AvgIpc) is 3.10. The van der Waals surface area contributed by atoms with Crippen molar-refractivity contribution < 1.29 is 26.3 Å². The Balaban J connectivity index is 2.37. The van der Waals surface area contributed by atoms with Crippen LogP contribution in [0.5, 0.6) is 0 Å². The maximum Gasteiger partial charge on any atom is 0.416 e. The van der Waals surface area contributed by atoms with Gasteiger partial charge in [-0.3, -0.25) is 0 Å². The number of hydrogen-bond acceptors (Lipinski definition) is 3. The van der Waals surface area contributed by atoms with Gasteiger partial charge in [-0.05, 0) is 18.2 Å². The highest BCUT2D eigenvalue weighted by Gasteiger charge is 2.34. The number of epoxide rings is 1. The topological polar surface area (TPSA) is 49.9 Å². The lowest BCUT2D eigenvalue weighted by atomic mass is 10.2. The van der Waals surface area contributed by atoms with Gasteiger partial charge in [0, 0.05) is 18.1 Å². The van der Waals surface area contributed by atoms with Gasteiger partial charge < -0.3 is 4.74 Å². The predicted molar refractivity (Wildman–Crippen MR) is 68.7 cm³/mol. The van der Waals surface area contributed by atoms with Crippen LogP contribution in [0.15, 0.2) is 27.6 Å². The van der Waals surface area contributed by atoms with Crippen molar-refractivity contribution in [2.24, 2.45) is 0 Å². The second kappa shape index (κ2) is 5.28. The molecule has 1 aliphatic rings. The first kappa shape index (κ1) is 15.7. The van der Waals surface area contributed by atoms with Gasteiger partial charge in [0.25, 0.3) is 0 Å². The molecule has 1 saturated heterocycles. The average molecular weight is 374 g/mol. The summed E-state index contributed by atoms with van der Waals surface area (Å²) in [6.07, 6.45) is -4.78. The van der Waals surface area contributed by atoms with E-state index in [2.05, 4.69) is 15.9 Å². The fourth-order valence-electron chi connectivity index (χ4n) is 1.61. The van der Waals surface area contributed by atoms with E-state index in [4.69, 9.17) is 4.74 Å². The summed E-state index contributed by atoms with van der Waals surface area (Å²) in [5, 5.41) is 0. The summed E-state index contributed by atoms with van der Waals surface area (Å²) in [4.78, 5) is -0.401. The number of rotatable bonds is 4. The van der Waals surface area contributed by atoms with E-state index in [9.17, 15) is 21.6 Å². The largest absolute Gasteiger partial charge is 0.416 e. The minimum Gasteiger partial charge on any atom is -0.372 e. The molecule has 1 fully saturated rings. The monoisotopic (exact) mass is 373 g/mol. The van der Waals surface area contributed by atoms with Crippen LogP contribution in [0, 0.1) is 0 Å². The summed E-state index contributed by atoms with van der Waals surface area (Å²) < 4.78 is 68.5. The zero-order valence-electron chi connectivity index (χ0n) is 10.3. The minimum absolute atomic E-state index is 0.0574. The molecule has 1 aromatic carbocycles. The van der Waals surface area contributed by atoms with Crippen molar-refractivity contribution in [2.45, 2.75) is 17.2 Å². The molecule has 0 amide bonds. The number of likely N-dealkylation sites (N-methyl/N-ethyl adjacent to an activating group) is 1. The quantitative estimate of drug-likeness (QED) is 0.761. The Hall–Kier alpha value is -0.640. The van der Waals surface area contributed by atoms with Crippen LogP contribution in [0.2, 0.25) is 0 Å². The molecule has 0 aromatic heterocycles. The molecule has 4 nitrogen and oxygen atoms in total. The van der Waals surface area contributed by atoms with Crippen molar-refractivity contribution >= 4 is 26.0 Å². The lowest BCUT2D eigenvalue weighted by Gasteiger charge is -2.17. The fourth-order valence-corrected chi connectivity index (χ4v) is 3.53. The number of sulfonamides is 1. The first-order valence-electron chi connectivity index (χ1n) is 5.56. The normalized spacial score (nSPS) is 19.4. The maximum absolute atomic E-state index is 12.7. The molecule has 1 aliphatic heterocycles. The van der Waals surface area contributed by atoms with Crippen molar-refractivity contribution in [3.8, 4) is 0 Å². The highest BCUT2D eigenvalue weighted by Crippen LogP contribution is 2.33. The van der Waals surface area contributed by atoms with E-state index in [0.29, 0.717) is 12.7 Å². The van der Waals surface area contributed by atoms with Gasteiger partial charge in [-0.2, -0.15) is 17.5 Å². The molecule has 2 rings (SSSR count). The number of halogens is 4. The van der Waals surface area contributed by atoms with Gasteiger partial charge in [0.2, 0.25) is 10.0 Å². The molecule has 1 heterocycles. The summed E-state index contributed by atoms with van der Waals surface area (Å²) in [6.45, 7) is 0.586. The van der Waals surface area contributed by atoms with Crippen molar-refractivity contribution in [1.82, 2.24) is 4.31 Å². The summed E-state index contributed by atoms with van der Waals surface area (Å²) in [6, 6.07) is 2.61. The lowest BCUT2D eigenvalue weighted by molar-refractivity contribution is -0.137. The van der Waals surface area contributed by atoms with Gasteiger partial charge in [0.1, 0.15) is 0 Å². The first-order valence-corrected chi connectivity index (χ1v) is 7.80. The van der Waals surface area contributed by atoms with Crippen LogP contribution in [0.1, 0.15) is 5.56 Å². The van der Waals surface area contributed by atoms with Crippen LogP contribution < -0.4 is 0 Å². The molecular formula is C11H11BrF3NO3S. The summed E-state index contributed by atoms with van der Waals surface area (Å²) in [5.41, 5.74) is -1.01. The molecule has 0 bridgehead atoms. The third-order valence-electron chi connectivity index (χ3n) is 2.77. The van der Waals surface area contributed by atoms with Crippen LogP contribution in [0.3, 0.4) is 0 Å². The molecule has 0 spiro atoms. The molecule has 1 aromatic rings. The van der Waals surface area contributed by atoms with Gasteiger partial charge in [0.05, 0.1) is 23.2 Å². The molecule has 0 unspecified atom stereocenters. The Morgan fingerprint density at radius 1 is 1.40 bits per heavy atom. The first-order chi connectivity index (χ1) is 9.10. The molecule has 0 N–H and O–H groups in total. The van der Waals surface area contributed by atoms with Gasteiger partial charge in [-0.25, -0.2) is 8.42 Å². The second-order valence-corrected chi connectivity index (χ2v) is 7.37. The number of ether oxygens (including phenoxy) is 1. The summed E-state index contributed by atoms with van der Waals surface area (Å²) in [7, 11) is -2.67. The van der Waals surface area contributed by atoms with Crippen molar-refractivity contribution in [3.05, 3.63) is 28.2 Å². The van der Waals surface area contributed by atoms with Gasteiger partial charge in [-0.1, -0.05) is 15.9 Å². The van der Waals surface area contributed by atoms with Crippen LogP contribution in [-0.2, 0) is 20.9 Å². The Morgan fingerprint density at radius 3 is 2.50 bits per heavy atom. The number of hydrogen-bond donors (Lipinski definition) is 0. The zero-order valence-corrected chi connectivity index (χ0v) is 12.7. The molecule has 20 heavy (non-hydrogen) atoms. The summed E-state index contributed by atoms with van der Waals surface area (Å²) >= 11 is 2.90. The van der Waals surface area contributed by atoms with E-state index in [-0.39, 0.29) is 17.1 Å².